The first kappa shape index (κ1) is 19.1. The first-order valence-corrected chi connectivity index (χ1v) is 9.94. The molecule has 3 amide bonds. The van der Waals surface area contributed by atoms with Crippen molar-refractivity contribution in [3.05, 3.63) is 29.8 Å². The minimum absolute atomic E-state index is 0.168. The number of imide groups is 1. The van der Waals surface area contributed by atoms with Gasteiger partial charge < -0.3 is 10.1 Å². The Morgan fingerprint density at radius 1 is 1.18 bits per heavy atom. The van der Waals surface area contributed by atoms with E-state index < -0.39 is 17.4 Å². The Labute approximate surface area is 164 Å². The average molecular weight is 385 g/mol. The van der Waals surface area contributed by atoms with Crippen LogP contribution in [-0.2, 0) is 24.7 Å². The summed E-state index contributed by atoms with van der Waals surface area (Å²) >= 11 is 0. The van der Waals surface area contributed by atoms with Crippen LogP contribution in [0.25, 0.3) is 0 Å². The van der Waals surface area contributed by atoms with E-state index in [1.165, 1.54) is 4.90 Å². The van der Waals surface area contributed by atoms with Crippen LogP contribution >= 0.6 is 0 Å². The molecule has 2 N–H and O–H groups in total. The lowest BCUT2D eigenvalue weighted by atomic mass is 9.76. The Morgan fingerprint density at radius 2 is 1.93 bits per heavy atom. The summed E-state index contributed by atoms with van der Waals surface area (Å²) in [5, 5.41) is 6.36. The van der Waals surface area contributed by atoms with Gasteiger partial charge in [-0.05, 0) is 24.8 Å². The molecule has 0 saturated carbocycles. The number of methoxy groups -OCH3 is 1. The van der Waals surface area contributed by atoms with Crippen LogP contribution < -0.4 is 10.6 Å². The van der Waals surface area contributed by atoms with Crippen molar-refractivity contribution < 1.29 is 19.1 Å². The number of carbonyl (C=O) groups is 3. The van der Waals surface area contributed by atoms with Crippen molar-refractivity contribution in [3.8, 4) is 0 Å². The highest BCUT2D eigenvalue weighted by Crippen LogP contribution is 2.53. The fourth-order valence-corrected chi connectivity index (χ4v) is 5.12. The van der Waals surface area contributed by atoms with Gasteiger partial charge in [0.2, 0.25) is 17.7 Å². The normalized spacial score (nSPS) is 31.1. The van der Waals surface area contributed by atoms with Crippen LogP contribution in [0.2, 0.25) is 0 Å². The largest absolute Gasteiger partial charge is 0.385 e. The molecule has 4 atom stereocenters. The molecule has 1 aromatic carbocycles. The third-order valence-corrected chi connectivity index (χ3v) is 6.17. The number of carbonyl (C=O) groups excluding carboxylic acids is 3. The fourth-order valence-electron chi connectivity index (χ4n) is 5.12. The van der Waals surface area contributed by atoms with Crippen molar-refractivity contribution in [2.45, 2.75) is 38.3 Å². The van der Waals surface area contributed by atoms with Gasteiger partial charge in [-0.1, -0.05) is 32.0 Å². The number of anilines is 1. The van der Waals surface area contributed by atoms with Gasteiger partial charge in [0.1, 0.15) is 5.54 Å². The van der Waals surface area contributed by atoms with Crippen LogP contribution in [0.15, 0.2) is 24.3 Å². The van der Waals surface area contributed by atoms with Gasteiger partial charge in [0, 0.05) is 37.6 Å². The standard InChI is InChI=1S/C21H27N3O4/c1-12(2)11-15-16-17(19(26)24(18(16)25)9-6-10-28-3)21(23-15)13-7-4-5-8-14(13)22-20(21)27/h4-5,7-8,12,15-17,23H,6,9-11H2,1-3H3,(H,22,27). The van der Waals surface area contributed by atoms with Crippen LogP contribution in [-0.4, -0.2) is 48.9 Å². The highest BCUT2D eigenvalue weighted by atomic mass is 16.5. The molecule has 3 aliphatic rings. The minimum atomic E-state index is -1.18. The van der Waals surface area contributed by atoms with E-state index in [0.717, 1.165) is 12.0 Å². The van der Waals surface area contributed by atoms with Crippen molar-refractivity contribution in [1.29, 1.82) is 0 Å². The zero-order chi connectivity index (χ0) is 20.1. The van der Waals surface area contributed by atoms with Gasteiger partial charge in [-0.15, -0.1) is 0 Å². The number of nitrogens with zero attached hydrogens (tertiary/aromatic N) is 1. The molecule has 0 aromatic heterocycles. The number of para-hydroxylation sites is 1. The van der Waals surface area contributed by atoms with Crippen molar-refractivity contribution >= 4 is 23.4 Å². The summed E-state index contributed by atoms with van der Waals surface area (Å²) in [4.78, 5) is 41.1. The summed E-state index contributed by atoms with van der Waals surface area (Å²) in [6.07, 6.45) is 1.31. The SMILES string of the molecule is COCCCN1C(=O)C2C(CC(C)C)NC3(C(=O)Nc4ccccc43)C2C1=O. The molecule has 3 heterocycles. The van der Waals surface area contributed by atoms with Crippen molar-refractivity contribution in [2.24, 2.45) is 17.8 Å². The maximum absolute atomic E-state index is 13.4. The lowest BCUT2D eigenvalue weighted by Crippen LogP contribution is -2.53. The van der Waals surface area contributed by atoms with Gasteiger partial charge in [-0.3, -0.25) is 24.6 Å². The Balaban J connectivity index is 1.77. The van der Waals surface area contributed by atoms with E-state index in [9.17, 15) is 14.4 Å². The third-order valence-electron chi connectivity index (χ3n) is 6.17. The van der Waals surface area contributed by atoms with Gasteiger partial charge in [0.05, 0.1) is 11.8 Å². The van der Waals surface area contributed by atoms with Crippen molar-refractivity contribution in [2.75, 3.05) is 25.6 Å². The molecule has 1 spiro atoms. The van der Waals surface area contributed by atoms with E-state index in [2.05, 4.69) is 24.5 Å². The number of fused-ring (bicyclic) bond motifs is 4. The maximum atomic E-state index is 13.4. The summed E-state index contributed by atoms with van der Waals surface area (Å²) in [6.45, 7) is 4.98. The van der Waals surface area contributed by atoms with Gasteiger partial charge in [0.15, 0.2) is 0 Å². The fraction of sp³-hybridized carbons (Fsp3) is 0.571. The number of rotatable bonds is 6. The lowest BCUT2D eigenvalue weighted by Gasteiger charge is -2.29. The van der Waals surface area contributed by atoms with Crippen LogP contribution in [0.5, 0.6) is 0 Å². The first-order chi connectivity index (χ1) is 13.4. The third kappa shape index (κ3) is 2.60. The number of amides is 3. The molecule has 2 saturated heterocycles. The molecule has 4 unspecified atom stereocenters. The number of likely N-dealkylation sites (tertiary alicyclic amines) is 1. The van der Waals surface area contributed by atoms with Crippen LogP contribution in [0.3, 0.4) is 0 Å². The van der Waals surface area contributed by atoms with E-state index >= 15 is 0 Å². The molecule has 7 nitrogen and oxygen atoms in total. The molecular formula is C21H27N3O4. The molecular weight excluding hydrogens is 358 g/mol. The van der Waals surface area contributed by atoms with Crippen molar-refractivity contribution in [3.63, 3.8) is 0 Å². The maximum Gasteiger partial charge on any atom is 0.250 e. The quantitative estimate of drug-likeness (QED) is 0.572. The Kier molecular flexibility index (Phi) is 4.75. The smallest absolute Gasteiger partial charge is 0.250 e. The van der Waals surface area contributed by atoms with Crippen molar-refractivity contribution in [1.82, 2.24) is 10.2 Å². The monoisotopic (exact) mass is 385 g/mol. The molecule has 7 heteroatoms. The zero-order valence-corrected chi connectivity index (χ0v) is 16.5. The zero-order valence-electron chi connectivity index (χ0n) is 16.5. The Hall–Kier alpha value is -2.25. The molecule has 0 bridgehead atoms. The Morgan fingerprint density at radius 3 is 2.64 bits per heavy atom. The second-order valence-electron chi connectivity index (χ2n) is 8.37. The van der Waals surface area contributed by atoms with Gasteiger partial charge in [-0.2, -0.15) is 0 Å². The lowest BCUT2D eigenvalue weighted by molar-refractivity contribution is -0.143. The summed E-state index contributed by atoms with van der Waals surface area (Å²) in [5.41, 5.74) is 0.298. The predicted molar refractivity (Wildman–Crippen MR) is 103 cm³/mol. The first-order valence-electron chi connectivity index (χ1n) is 9.94. The summed E-state index contributed by atoms with van der Waals surface area (Å²) < 4.78 is 5.07. The number of nitrogens with one attached hydrogen (secondary N) is 2. The van der Waals surface area contributed by atoms with Crippen LogP contribution in [0.4, 0.5) is 5.69 Å². The topological polar surface area (TPSA) is 87.7 Å². The second kappa shape index (κ2) is 6.97. The van der Waals surface area contributed by atoms with E-state index in [1.54, 1.807) is 7.11 Å². The molecule has 28 heavy (non-hydrogen) atoms. The molecule has 1 aromatic rings. The Bertz CT molecular complexity index is 824. The second-order valence-corrected chi connectivity index (χ2v) is 8.37. The average Bonchev–Trinajstić information content (AvgIpc) is 3.22. The summed E-state index contributed by atoms with van der Waals surface area (Å²) in [6, 6.07) is 7.22. The van der Waals surface area contributed by atoms with E-state index in [1.807, 2.05) is 24.3 Å². The summed E-state index contributed by atoms with van der Waals surface area (Å²) in [7, 11) is 1.60. The van der Waals surface area contributed by atoms with Gasteiger partial charge in [0.25, 0.3) is 0 Å². The predicted octanol–water partition coefficient (Wildman–Crippen LogP) is 1.49. The van der Waals surface area contributed by atoms with Gasteiger partial charge >= 0.3 is 0 Å². The van der Waals surface area contributed by atoms with Crippen LogP contribution in [0, 0.1) is 17.8 Å². The number of ether oxygens (including phenoxy) is 1. The highest BCUT2D eigenvalue weighted by Gasteiger charge is 2.70. The molecule has 150 valence electrons. The summed E-state index contributed by atoms with van der Waals surface area (Å²) in [5.74, 6) is -1.56. The van der Waals surface area contributed by atoms with Crippen LogP contribution in [0.1, 0.15) is 32.3 Å². The molecule has 4 rings (SSSR count). The highest BCUT2D eigenvalue weighted by molar-refractivity contribution is 6.15. The molecule has 0 aliphatic carbocycles. The minimum Gasteiger partial charge on any atom is -0.385 e. The number of benzene rings is 1. The van der Waals surface area contributed by atoms with E-state index in [0.29, 0.717) is 31.2 Å². The molecule has 3 aliphatic heterocycles. The van der Waals surface area contributed by atoms with Gasteiger partial charge in [-0.25, -0.2) is 0 Å². The van der Waals surface area contributed by atoms with E-state index in [4.69, 9.17) is 4.74 Å². The van der Waals surface area contributed by atoms with E-state index in [-0.39, 0.29) is 23.8 Å². The number of hydrogen-bond donors (Lipinski definition) is 2. The number of hydrogen-bond acceptors (Lipinski definition) is 5. The molecule has 0 radical (unpaired) electrons. The molecule has 2 fully saturated rings.